The normalized spacial score (nSPS) is 21.4. The molecule has 0 radical (unpaired) electrons. The van der Waals surface area contributed by atoms with E-state index in [1.54, 1.807) is 22.3 Å². The maximum Gasteiger partial charge on any atom is 0.0380 e. The Bertz CT molecular complexity index is 1340. The molecule has 3 nitrogen and oxygen atoms in total. The molecule has 3 unspecified atom stereocenters. The Balaban J connectivity index is 0.000000160. The van der Waals surface area contributed by atoms with E-state index >= 15 is 0 Å². The van der Waals surface area contributed by atoms with Crippen LogP contribution in [-0.2, 0) is 25.9 Å². The molecule has 0 fully saturated rings. The molecule has 3 heterocycles. The summed E-state index contributed by atoms with van der Waals surface area (Å²) in [6, 6.07) is 30.6. The molecule has 0 aromatic heterocycles. The molecule has 3 heteroatoms. The van der Waals surface area contributed by atoms with Gasteiger partial charge in [-0.25, -0.2) is 0 Å². The highest BCUT2D eigenvalue weighted by molar-refractivity contribution is 5.35. The van der Waals surface area contributed by atoms with Gasteiger partial charge in [0.1, 0.15) is 0 Å². The molecule has 0 saturated heterocycles. The molecule has 0 saturated carbocycles. The van der Waals surface area contributed by atoms with Gasteiger partial charge in [-0.3, -0.25) is 14.7 Å². The number of hydrogen-bond donors (Lipinski definition) is 0. The predicted octanol–water partition coefficient (Wildman–Crippen LogP) is 10.7. The molecule has 0 N–H and O–H groups in total. The third kappa shape index (κ3) is 8.97. The molecule has 3 aromatic carbocycles. The van der Waals surface area contributed by atoms with E-state index in [0.717, 1.165) is 19.0 Å². The van der Waals surface area contributed by atoms with Gasteiger partial charge in [0.05, 0.1) is 0 Å². The smallest absolute Gasteiger partial charge is 0.0380 e. The summed E-state index contributed by atoms with van der Waals surface area (Å²) in [5, 5.41) is 0. The van der Waals surface area contributed by atoms with Crippen molar-refractivity contribution in [2.24, 2.45) is 17.8 Å². The van der Waals surface area contributed by atoms with Crippen LogP contribution in [0, 0.1) is 17.8 Å². The standard InChI is InChI=1S/2C15H23N.C14H21N/c1-11(2)15-9-13-7-5-6-8-14(13)10-16(15)12(3)4;1-11(2)15-14-8-6-5-7-13(14)9-10-16(15)12(3)4;1-10(2)14-13-8-6-5-7-12(13)9-15(14)11(3)4/h2*5-8,11-12,15H,9-10H2,1-4H3;5-8,10-11,14H,9H2,1-4H3. The highest BCUT2D eigenvalue weighted by atomic mass is 15.2. The maximum atomic E-state index is 2.65. The van der Waals surface area contributed by atoms with Gasteiger partial charge in [0.2, 0.25) is 0 Å². The van der Waals surface area contributed by atoms with Crippen molar-refractivity contribution in [3.8, 4) is 0 Å². The second-order valence-corrected chi connectivity index (χ2v) is 16.2. The van der Waals surface area contributed by atoms with Gasteiger partial charge in [0, 0.05) is 55.9 Å². The van der Waals surface area contributed by atoms with E-state index in [-0.39, 0.29) is 0 Å². The van der Waals surface area contributed by atoms with Crippen molar-refractivity contribution in [2.75, 3.05) is 6.54 Å². The lowest BCUT2D eigenvalue weighted by molar-refractivity contribution is 0.0973. The average Bonchev–Trinajstić information content (AvgIpc) is 3.44. The molecular formula is C44H67N3. The third-order valence-corrected chi connectivity index (χ3v) is 10.8. The molecule has 0 aliphatic carbocycles. The molecular weight excluding hydrogens is 571 g/mol. The van der Waals surface area contributed by atoms with Crippen LogP contribution in [0.5, 0.6) is 0 Å². The lowest BCUT2D eigenvalue weighted by Gasteiger charge is -2.42. The first-order chi connectivity index (χ1) is 22.3. The van der Waals surface area contributed by atoms with E-state index in [9.17, 15) is 0 Å². The molecule has 3 aliphatic heterocycles. The summed E-state index contributed by atoms with van der Waals surface area (Å²) >= 11 is 0. The van der Waals surface area contributed by atoms with Crippen molar-refractivity contribution in [1.82, 2.24) is 14.7 Å². The summed E-state index contributed by atoms with van der Waals surface area (Å²) < 4.78 is 0. The van der Waals surface area contributed by atoms with Crippen LogP contribution >= 0.6 is 0 Å². The van der Waals surface area contributed by atoms with Crippen LogP contribution in [0.15, 0.2) is 72.8 Å². The Morgan fingerprint density at radius 1 is 0.447 bits per heavy atom. The molecule has 258 valence electrons. The molecule has 3 aromatic rings. The fourth-order valence-corrected chi connectivity index (χ4v) is 8.38. The summed E-state index contributed by atoms with van der Waals surface area (Å²) in [5.74, 6) is 2.11. The average molecular weight is 638 g/mol. The summed E-state index contributed by atoms with van der Waals surface area (Å²) in [4.78, 5) is 7.90. The Labute approximate surface area is 289 Å². The quantitative estimate of drug-likeness (QED) is 0.266. The van der Waals surface area contributed by atoms with Gasteiger partial charge >= 0.3 is 0 Å². The molecule has 0 amide bonds. The Morgan fingerprint density at radius 2 is 0.872 bits per heavy atom. The monoisotopic (exact) mass is 638 g/mol. The second kappa shape index (κ2) is 16.8. The lowest BCUT2D eigenvalue weighted by atomic mass is 9.85. The first-order valence-electron chi connectivity index (χ1n) is 18.8. The molecule has 6 rings (SSSR count). The van der Waals surface area contributed by atoms with Crippen molar-refractivity contribution in [3.05, 3.63) is 106 Å². The van der Waals surface area contributed by atoms with Gasteiger partial charge in [-0.2, -0.15) is 0 Å². The number of hydrogen-bond acceptors (Lipinski definition) is 3. The number of benzene rings is 3. The van der Waals surface area contributed by atoms with Crippen LogP contribution < -0.4 is 0 Å². The first-order valence-corrected chi connectivity index (χ1v) is 18.8. The van der Waals surface area contributed by atoms with Crippen LogP contribution in [0.1, 0.15) is 129 Å². The number of rotatable bonds is 6. The molecule has 0 bridgehead atoms. The Morgan fingerprint density at radius 3 is 1.38 bits per heavy atom. The fourth-order valence-electron chi connectivity index (χ4n) is 8.38. The molecule has 3 aliphatic rings. The largest absolute Gasteiger partial charge is 0.293 e. The minimum absolute atomic E-state index is 0.602. The lowest BCUT2D eigenvalue weighted by Crippen LogP contribution is -2.47. The molecule has 47 heavy (non-hydrogen) atoms. The van der Waals surface area contributed by atoms with E-state index in [1.807, 2.05) is 0 Å². The van der Waals surface area contributed by atoms with Crippen LogP contribution in [0.3, 0.4) is 0 Å². The van der Waals surface area contributed by atoms with Crippen molar-refractivity contribution in [1.29, 1.82) is 0 Å². The topological polar surface area (TPSA) is 9.72 Å². The Hall–Kier alpha value is -2.46. The molecule has 0 spiro atoms. The van der Waals surface area contributed by atoms with Crippen molar-refractivity contribution >= 4 is 0 Å². The summed E-state index contributed by atoms with van der Waals surface area (Å²) in [6.45, 7) is 31.3. The van der Waals surface area contributed by atoms with E-state index in [2.05, 4.69) is 171 Å². The van der Waals surface area contributed by atoms with Gasteiger partial charge in [-0.1, -0.05) is 114 Å². The Kier molecular flexibility index (Phi) is 13.3. The number of fused-ring (bicyclic) bond motifs is 3. The van der Waals surface area contributed by atoms with E-state index in [0.29, 0.717) is 48.1 Å². The second-order valence-electron chi connectivity index (χ2n) is 16.2. The third-order valence-electron chi connectivity index (χ3n) is 10.8. The zero-order valence-electron chi connectivity index (χ0n) is 32.0. The zero-order chi connectivity index (χ0) is 34.4. The summed E-state index contributed by atoms with van der Waals surface area (Å²) in [7, 11) is 0. The first kappa shape index (κ1) is 37.4. The summed E-state index contributed by atoms with van der Waals surface area (Å²) in [6.07, 6.45) is 2.42. The van der Waals surface area contributed by atoms with Crippen molar-refractivity contribution < 1.29 is 0 Å². The SMILES string of the molecule is CC(C)C1Cc2ccccc2CN1C(C)C.CC(C)C1c2ccccc2CCN1C(C)C.CC(C)C1c2ccccc2CN1C(C)C. The summed E-state index contributed by atoms with van der Waals surface area (Å²) in [5.41, 5.74) is 9.24. The van der Waals surface area contributed by atoms with Crippen LogP contribution in [0.25, 0.3) is 0 Å². The molecule has 3 atom stereocenters. The highest BCUT2D eigenvalue weighted by Crippen LogP contribution is 2.40. The van der Waals surface area contributed by atoms with Gasteiger partial charge in [0.25, 0.3) is 0 Å². The van der Waals surface area contributed by atoms with Gasteiger partial charge in [-0.15, -0.1) is 0 Å². The van der Waals surface area contributed by atoms with Gasteiger partial charge < -0.3 is 0 Å². The zero-order valence-corrected chi connectivity index (χ0v) is 32.0. The van der Waals surface area contributed by atoms with Gasteiger partial charge in [-0.05, 0) is 106 Å². The van der Waals surface area contributed by atoms with Crippen LogP contribution in [0.2, 0.25) is 0 Å². The fraction of sp³-hybridized carbons (Fsp3) is 0.591. The van der Waals surface area contributed by atoms with E-state index in [1.165, 1.54) is 30.5 Å². The predicted molar refractivity (Wildman–Crippen MR) is 204 cm³/mol. The highest BCUT2D eigenvalue weighted by Gasteiger charge is 2.34. The van der Waals surface area contributed by atoms with Crippen molar-refractivity contribution in [2.45, 2.75) is 145 Å². The van der Waals surface area contributed by atoms with Gasteiger partial charge in [0.15, 0.2) is 0 Å². The minimum Gasteiger partial charge on any atom is -0.293 e. The maximum absolute atomic E-state index is 2.65. The van der Waals surface area contributed by atoms with E-state index in [4.69, 9.17) is 0 Å². The van der Waals surface area contributed by atoms with Crippen LogP contribution in [-0.4, -0.2) is 45.4 Å². The minimum atomic E-state index is 0.602. The van der Waals surface area contributed by atoms with Crippen molar-refractivity contribution in [3.63, 3.8) is 0 Å². The van der Waals surface area contributed by atoms with Crippen LogP contribution in [0.4, 0.5) is 0 Å². The van der Waals surface area contributed by atoms with E-state index < -0.39 is 0 Å². The number of nitrogens with zero attached hydrogens (tertiary/aromatic N) is 3.